The minimum atomic E-state index is -3.24. The summed E-state index contributed by atoms with van der Waals surface area (Å²) in [7, 11) is -0.0659. The SMILES string of the molecule is COCC(Br)CN(C)S(=O)(=O)CCc1ccncc1. The van der Waals surface area contributed by atoms with Crippen molar-refractivity contribution in [3.05, 3.63) is 30.1 Å². The standard InChI is InChI=1S/C12H19BrN2O3S/c1-15(9-12(13)10-18-2)19(16,17)8-5-11-3-6-14-7-4-11/h3-4,6-7,12H,5,8-10H2,1-2H3. The van der Waals surface area contributed by atoms with Crippen LogP contribution in [0.3, 0.4) is 0 Å². The van der Waals surface area contributed by atoms with Crippen LogP contribution >= 0.6 is 15.9 Å². The number of aromatic nitrogens is 1. The van der Waals surface area contributed by atoms with Gasteiger partial charge in [-0.1, -0.05) is 15.9 Å². The fourth-order valence-electron chi connectivity index (χ4n) is 1.58. The Balaban J connectivity index is 2.51. The summed E-state index contributed by atoms with van der Waals surface area (Å²) in [4.78, 5) is 3.90. The molecule has 0 aliphatic carbocycles. The van der Waals surface area contributed by atoms with Crippen LogP contribution in [0, 0.1) is 0 Å². The van der Waals surface area contributed by atoms with Gasteiger partial charge in [-0.05, 0) is 24.1 Å². The number of aryl methyl sites for hydroxylation is 1. The lowest BCUT2D eigenvalue weighted by atomic mass is 10.2. The molecule has 108 valence electrons. The molecule has 0 fully saturated rings. The molecule has 7 heteroatoms. The number of alkyl halides is 1. The largest absolute Gasteiger partial charge is 0.383 e. The molecule has 0 N–H and O–H groups in total. The second-order valence-electron chi connectivity index (χ2n) is 4.25. The number of rotatable bonds is 8. The van der Waals surface area contributed by atoms with Gasteiger partial charge < -0.3 is 4.74 Å². The summed E-state index contributed by atoms with van der Waals surface area (Å²) < 4.78 is 30.5. The smallest absolute Gasteiger partial charge is 0.214 e. The van der Waals surface area contributed by atoms with Crippen LogP contribution in [0.5, 0.6) is 0 Å². The average molecular weight is 351 g/mol. The summed E-state index contributed by atoms with van der Waals surface area (Å²) >= 11 is 3.39. The Hall–Kier alpha value is -0.500. The molecule has 1 unspecified atom stereocenters. The predicted molar refractivity (Wildman–Crippen MR) is 78.9 cm³/mol. The molecule has 0 aliphatic heterocycles. The number of ether oxygens (including phenoxy) is 1. The monoisotopic (exact) mass is 350 g/mol. The second kappa shape index (κ2) is 7.94. The number of methoxy groups -OCH3 is 1. The van der Waals surface area contributed by atoms with E-state index in [0.29, 0.717) is 19.6 Å². The zero-order chi connectivity index (χ0) is 14.3. The van der Waals surface area contributed by atoms with Crippen LogP contribution in [0.15, 0.2) is 24.5 Å². The van der Waals surface area contributed by atoms with E-state index in [9.17, 15) is 8.42 Å². The number of pyridine rings is 1. The zero-order valence-corrected chi connectivity index (χ0v) is 13.5. The van der Waals surface area contributed by atoms with Crippen molar-refractivity contribution in [2.45, 2.75) is 11.2 Å². The van der Waals surface area contributed by atoms with E-state index in [1.54, 1.807) is 26.6 Å². The first-order chi connectivity index (χ1) is 8.95. The minimum absolute atomic E-state index is 0.00167. The number of sulfonamides is 1. The Labute approximate surface area is 123 Å². The number of halogens is 1. The third-order valence-corrected chi connectivity index (χ3v) is 5.05. The molecule has 1 rings (SSSR count). The van der Waals surface area contributed by atoms with Crippen LogP contribution in [0.1, 0.15) is 5.56 Å². The first-order valence-corrected chi connectivity index (χ1v) is 8.44. The highest BCUT2D eigenvalue weighted by Crippen LogP contribution is 2.08. The van der Waals surface area contributed by atoms with Crippen molar-refractivity contribution in [3.8, 4) is 0 Å². The zero-order valence-electron chi connectivity index (χ0n) is 11.1. The van der Waals surface area contributed by atoms with Crippen molar-refractivity contribution in [2.75, 3.05) is 33.1 Å². The Morgan fingerprint density at radius 1 is 1.42 bits per heavy atom. The van der Waals surface area contributed by atoms with Crippen LogP contribution in [0.2, 0.25) is 0 Å². The summed E-state index contributed by atoms with van der Waals surface area (Å²) in [6.45, 7) is 0.872. The molecule has 1 aromatic rings. The first kappa shape index (κ1) is 16.6. The van der Waals surface area contributed by atoms with Gasteiger partial charge >= 0.3 is 0 Å². The Kier molecular flexibility index (Phi) is 6.92. The van der Waals surface area contributed by atoms with Gasteiger partial charge in [-0.25, -0.2) is 12.7 Å². The van der Waals surface area contributed by atoms with Crippen LogP contribution in [-0.4, -0.2) is 55.6 Å². The van der Waals surface area contributed by atoms with E-state index in [-0.39, 0.29) is 10.6 Å². The van der Waals surface area contributed by atoms with E-state index in [0.717, 1.165) is 5.56 Å². The van der Waals surface area contributed by atoms with Crippen molar-refractivity contribution >= 4 is 26.0 Å². The Morgan fingerprint density at radius 3 is 2.63 bits per heavy atom. The molecule has 0 aromatic carbocycles. The molecule has 1 heterocycles. The summed E-state index contributed by atoms with van der Waals surface area (Å²) in [5.41, 5.74) is 0.972. The fourth-order valence-corrected chi connectivity index (χ4v) is 3.68. The van der Waals surface area contributed by atoms with Crippen LogP contribution in [0.4, 0.5) is 0 Å². The molecule has 0 radical (unpaired) electrons. The van der Waals surface area contributed by atoms with E-state index >= 15 is 0 Å². The van der Waals surface area contributed by atoms with Gasteiger partial charge in [-0.2, -0.15) is 0 Å². The maximum atomic E-state index is 12.1. The molecule has 1 aromatic heterocycles. The highest BCUT2D eigenvalue weighted by Gasteiger charge is 2.20. The summed E-state index contributed by atoms with van der Waals surface area (Å²) in [5, 5.41) is 0. The van der Waals surface area contributed by atoms with Gasteiger partial charge in [0.25, 0.3) is 0 Å². The summed E-state index contributed by atoms with van der Waals surface area (Å²) in [6.07, 6.45) is 3.82. The molecular weight excluding hydrogens is 332 g/mol. The van der Waals surface area contributed by atoms with Crippen LogP contribution < -0.4 is 0 Å². The normalized spacial score (nSPS) is 13.7. The van der Waals surface area contributed by atoms with E-state index in [1.165, 1.54) is 4.31 Å². The lowest BCUT2D eigenvalue weighted by molar-refractivity contribution is 0.195. The lowest BCUT2D eigenvalue weighted by Gasteiger charge is -2.20. The third-order valence-electron chi connectivity index (χ3n) is 2.68. The Bertz CT molecular complexity index is 467. The van der Waals surface area contributed by atoms with Gasteiger partial charge in [0, 0.05) is 33.1 Å². The molecule has 5 nitrogen and oxygen atoms in total. The van der Waals surface area contributed by atoms with Gasteiger partial charge in [0.15, 0.2) is 0 Å². The van der Waals surface area contributed by atoms with E-state index < -0.39 is 10.0 Å². The van der Waals surface area contributed by atoms with Gasteiger partial charge in [0.2, 0.25) is 10.0 Å². The molecule has 0 saturated carbocycles. The van der Waals surface area contributed by atoms with E-state index in [4.69, 9.17) is 4.74 Å². The minimum Gasteiger partial charge on any atom is -0.383 e. The molecule has 19 heavy (non-hydrogen) atoms. The molecule has 0 spiro atoms. The topological polar surface area (TPSA) is 59.5 Å². The van der Waals surface area contributed by atoms with Gasteiger partial charge in [-0.3, -0.25) is 4.98 Å². The van der Waals surface area contributed by atoms with Crippen molar-refractivity contribution in [2.24, 2.45) is 0 Å². The van der Waals surface area contributed by atoms with Crippen molar-refractivity contribution in [3.63, 3.8) is 0 Å². The molecule has 0 bridgehead atoms. The molecule has 0 saturated heterocycles. The van der Waals surface area contributed by atoms with E-state index in [1.807, 2.05) is 12.1 Å². The fraction of sp³-hybridized carbons (Fsp3) is 0.583. The Morgan fingerprint density at radius 2 is 2.05 bits per heavy atom. The molecule has 0 aliphatic rings. The average Bonchev–Trinajstić information content (AvgIpc) is 2.38. The maximum Gasteiger partial charge on any atom is 0.214 e. The third kappa shape index (κ3) is 5.99. The number of hydrogen-bond donors (Lipinski definition) is 0. The number of hydrogen-bond acceptors (Lipinski definition) is 4. The number of nitrogens with zero attached hydrogens (tertiary/aromatic N) is 2. The summed E-state index contributed by atoms with van der Waals surface area (Å²) in [6, 6.07) is 3.65. The van der Waals surface area contributed by atoms with Gasteiger partial charge in [0.05, 0.1) is 17.2 Å². The molecular formula is C12H19BrN2O3S. The molecule has 1 atom stereocenters. The van der Waals surface area contributed by atoms with Crippen LogP contribution in [-0.2, 0) is 21.2 Å². The predicted octanol–water partition coefficient (Wildman–Crippen LogP) is 1.30. The molecule has 0 amide bonds. The first-order valence-electron chi connectivity index (χ1n) is 5.91. The van der Waals surface area contributed by atoms with Crippen molar-refractivity contribution < 1.29 is 13.2 Å². The van der Waals surface area contributed by atoms with E-state index in [2.05, 4.69) is 20.9 Å². The van der Waals surface area contributed by atoms with Gasteiger partial charge in [-0.15, -0.1) is 0 Å². The van der Waals surface area contributed by atoms with Crippen LogP contribution in [0.25, 0.3) is 0 Å². The summed E-state index contributed by atoms with van der Waals surface area (Å²) in [5.74, 6) is 0.0974. The van der Waals surface area contributed by atoms with Crippen molar-refractivity contribution in [1.29, 1.82) is 0 Å². The lowest BCUT2D eigenvalue weighted by Crippen LogP contribution is -2.35. The second-order valence-corrected chi connectivity index (χ2v) is 7.74. The highest BCUT2D eigenvalue weighted by atomic mass is 79.9. The quantitative estimate of drug-likeness (QED) is 0.663. The maximum absolute atomic E-state index is 12.1. The van der Waals surface area contributed by atoms with Gasteiger partial charge in [0.1, 0.15) is 0 Å². The van der Waals surface area contributed by atoms with Crippen molar-refractivity contribution in [1.82, 2.24) is 9.29 Å². The highest BCUT2D eigenvalue weighted by molar-refractivity contribution is 9.09.